The number of phosphoric acid groups is 1. The number of ether oxygens (including phenoxy) is 2. The van der Waals surface area contributed by atoms with Crippen LogP contribution in [0.5, 0.6) is 0 Å². The third-order valence-electron chi connectivity index (χ3n) is 10.9. The smallest absolute Gasteiger partial charge is 0.462 e. The fraction of sp³-hybridized carbons (Fsp3) is 0.630. The second-order valence-electron chi connectivity index (χ2n) is 17.1. The van der Waals surface area contributed by atoms with Crippen molar-refractivity contribution in [1.82, 2.24) is 0 Å². The van der Waals surface area contributed by atoms with E-state index in [4.69, 9.17) is 18.5 Å². The molecule has 7 N–H and O–H groups in total. The second kappa shape index (κ2) is 42.2. The summed E-state index contributed by atoms with van der Waals surface area (Å²) in [5, 5.41) is 60.3. The molecule has 0 heterocycles. The van der Waals surface area contributed by atoms with Crippen LogP contribution in [0, 0.1) is 0 Å². The van der Waals surface area contributed by atoms with Gasteiger partial charge in [-0.25, -0.2) is 4.57 Å². The first kappa shape index (κ1) is 63.5. The van der Waals surface area contributed by atoms with Crippen LogP contribution < -0.4 is 0 Å². The molecule has 0 radical (unpaired) electrons. The molecule has 1 aliphatic rings. The monoisotopic (exact) mass is 991 g/mol. The maximum atomic E-state index is 12.8. The minimum atomic E-state index is -5.16. The highest BCUT2D eigenvalue weighted by Crippen LogP contribution is 2.47. The van der Waals surface area contributed by atoms with E-state index in [0.29, 0.717) is 32.1 Å². The van der Waals surface area contributed by atoms with E-state index in [-0.39, 0.29) is 12.8 Å². The molecule has 1 saturated carbocycles. The van der Waals surface area contributed by atoms with Crippen LogP contribution >= 0.6 is 7.82 Å². The summed E-state index contributed by atoms with van der Waals surface area (Å²) in [4.78, 5) is 35.8. The first-order chi connectivity index (χ1) is 33.3. The highest BCUT2D eigenvalue weighted by atomic mass is 31.2. The van der Waals surface area contributed by atoms with Crippen LogP contribution in [0.1, 0.15) is 155 Å². The predicted molar refractivity (Wildman–Crippen MR) is 273 cm³/mol. The molecule has 0 spiro atoms. The normalized spacial score (nSPS) is 22.3. The van der Waals surface area contributed by atoms with Crippen LogP contribution in [0.2, 0.25) is 0 Å². The second-order valence-corrected chi connectivity index (χ2v) is 18.5. The largest absolute Gasteiger partial charge is 0.472 e. The van der Waals surface area contributed by atoms with Gasteiger partial charge in [-0.2, -0.15) is 0 Å². The van der Waals surface area contributed by atoms with Gasteiger partial charge in [0.2, 0.25) is 0 Å². The average molecular weight is 991 g/mol. The van der Waals surface area contributed by atoms with Crippen molar-refractivity contribution in [1.29, 1.82) is 0 Å². The van der Waals surface area contributed by atoms with Gasteiger partial charge in [-0.05, 0) is 83.5 Å². The van der Waals surface area contributed by atoms with Crippen LogP contribution in [-0.2, 0) is 32.7 Å². The SMILES string of the molecule is CC/C=C\C/C=C\CC(O)/C=C/C=C\C/C=C\C/C=C\CCC(=O)OC[C@H](COP(=O)(O)OC1[C@H](O)[C@H](O)C(O)[C@H](O)[C@H]1O)OC(=O)CCCCCCCC/C=C\C/C=C\C/C=C\CCCCCC. The van der Waals surface area contributed by atoms with Gasteiger partial charge < -0.3 is 45.0 Å². The van der Waals surface area contributed by atoms with E-state index >= 15 is 0 Å². The Morgan fingerprint density at radius 2 is 1.03 bits per heavy atom. The zero-order valence-corrected chi connectivity index (χ0v) is 42.3. The van der Waals surface area contributed by atoms with Crippen LogP contribution in [-0.4, -0.2) is 110 Å². The maximum absolute atomic E-state index is 12.8. The van der Waals surface area contributed by atoms with Gasteiger partial charge in [-0.1, -0.05) is 168 Å². The van der Waals surface area contributed by atoms with E-state index in [2.05, 4.69) is 62.5 Å². The molecule has 0 aromatic rings. The first-order valence-corrected chi connectivity index (χ1v) is 26.8. The first-order valence-electron chi connectivity index (χ1n) is 25.3. The van der Waals surface area contributed by atoms with Crippen LogP contribution in [0.3, 0.4) is 0 Å². The van der Waals surface area contributed by atoms with E-state index in [9.17, 15) is 49.7 Å². The molecule has 4 unspecified atom stereocenters. The summed E-state index contributed by atoms with van der Waals surface area (Å²) in [7, 11) is -5.16. The quantitative estimate of drug-likeness (QED) is 0.00997. The maximum Gasteiger partial charge on any atom is 0.472 e. The van der Waals surface area contributed by atoms with Crippen molar-refractivity contribution in [2.45, 2.75) is 204 Å². The topological polar surface area (TPSA) is 230 Å². The van der Waals surface area contributed by atoms with Crippen molar-refractivity contribution in [3.8, 4) is 0 Å². The summed E-state index contributed by atoms with van der Waals surface area (Å²) >= 11 is 0. The fourth-order valence-corrected chi connectivity index (χ4v) is 7.85. The van der Waals surface area contributed by atoms with Crippen molar-refractivity contribution < 1.29 is 68.2 Å². The van der Waals surface area contributed by atoms with E-state index < -0.39 is 81.8 Å². The Morgan fingerprint density at radius 3 is 1.62 bits per heavy atom. The van der Waals surface area contributed by atoms with Crippen LogP contribution in [0.4, 0.5) is 0 Å². The number of aliphatic hydroxyl groups is 6. The van der Waals surface area contributed by atoms with Gasteiger partial charge in [0.15, 0.2) is 6.10 Å². The number of carbonyl (C=O) groups is 2. The Balaban J connectivity index is 2.51. The van der Waals surface area contributed by atoms with Gasteiger partial charge >= 0.3 is 19.8 Å². The van der Waals surface area contributed by atoms with E-state index in [1.165, 1.54) is 25.7 Å². The zero-order valence-electron chi connectivity index (χ0n) is 41.4. The molecule has 1 rings (SSSR count). The lowest BCUT2D eigenvalue weighted by Gasteiger charge is -2.41. The van der Waals surface area contributed by atoms with Gasteiger partial charge in [0.05, 0.1) is 12.7 Å². The summed E-state index contributed by atoms with van der Waals surface area (Å²) in [6.45, 7) is 3.02. The zero-order chi connectivity index (χ0) is 50.8. The molecule has 69 heavy (non-hydrogen) atoms. The summed E-state index contributed by atoms with van der Waals surface area (Å²) < 4.78 is 33.5. The lowest BCUT2D eigenvalue weighted by Crippen LogP contribution is -2.64. The standard InChI is InChI=1S/C54H87O14P/c1-3-5-7-9-11-12-13-14-15-16-17-18-19-20-21-22-27-30-34-38-42-48(57)67-46(44-66-69(63,64)68-54-52(61)50(59)49(58)51(60)53(54)62)43-65-47(56)41-37-33-29-26-24-23-25-28-32-36-40-45(55)39-35-31-10-8-6-4-2/h6,8,12-13,15-16,18-19,23-24,28-29,31-33,35-36,40,45-46,49-55,58-62H,3-5,7,9-11,14,17,20-22,25-27,30,34,37-39,41-44H2,1-2H3,(H,63,64)/b8-6-,13-12-,16-15-,19-18-,24-23-,32-28-,33-29-,35-31-,40-36+/t45?,46-,49?,50-,51+,52-,53-,54?/m1/s1. The molecule has 0 bridgehead atoms. The van der Waals surface area contributed by atoms with Crippen molar-refractivity contribution >= 4 is 19.8 Å². The molecular formula is C54H87O14P. The summed E-state index contributed by atoms with van der Waals surface area (Å²) in [6, 6.07) is 0. The van der Waals surface area contributed by atoms with E-state index in [1.54, 1.807) is 6.08 Å². The fourth-order valence-electron chi connectivity index (χ4n) is 6.87. The third kappa shape index (κ3) is 34.4. The molecule has 9 atom stereocenters. The molecule has 14 nitrogen and oxygen atoms in total. The van der Waals surface area contributed by atoms with Gasteiger partial charge in [0, 0.05) is 12.8 Å². The van der Waals surface area contributed by atoms with Crippen molar-refractivity contribution in [3.05, 3.63) is 109 Å². The molecule has 0 aliphatic heterocycles. The Morgan fingerprint density at radius 1 is 0.536 bits per heavy atom. The molecule has 15 heteroatoms. The predicted octanol–water partition coefficient (Wildman–Crippen LogP) is 9.75. The Kier molecular flexibility index (Phi) is 38.8. The Hall–Kier alpha value is -3.53. The average Bonchev–Trinajstić information content (AvgIpc) is 3.33. The van der Waals surface area contributed by atoms with Gasteiger partial charge in [0.25, 0.3) is 0 Å². The third-order valence-corrected chi connectivity index (χ3v) is 11.9. The number of carbonyl (C=O) groups excluding carboxylic acids is 2. The van der Waals surface area contributed by atoms with Crippen LogP contribution in [0.15, 0.2) is 109 Å². The molecule has 1 aliphatic carbocycles. The highest BCUT2D eigenvalue weighted by molar-refractivity contribution is 7.47. The van der Waals surface area contributed by atoms with Gasteiger partial charge in [-0.3, -0.25) is 18.6 Å². The summed E-state index contributed by atoms with van der Waals surface area (Å²) in [6.07, 6.45) is 41.6. The number of hydrogen-bond acceptors (Lipinski definition) is 13. The van der Waals surface area contributed by atoms with Crippen molar-refractivity contribution in [2.75, 3.05) is 13.2 Å². The number of unbranched alkanes of at least 4 members (excludes halogenated alkanes) is 10. The van der Waals surface area contributed by atoms with E-state index in [0.717, 1.165) is 70.6 Å². The molecular weight excluding hydrogens is 904 g/mol. The lowest BCUT2D eigenvalue weighted by atomic mass is 9.85. The molecule has 0 aromatic heterocycles. The lowest BCUT2D eigenvalue weighted by molar-refractivity contribution is -0.220. The van der Waals surface area contributed by atoms with Gasteiger partial charge in [-0.15, -0.1) is 0 Å². The highest BCUT2D eigenvalue weighted by Gasteiger charge is 2.51. The number of aliphatic hydroxyl groups excluding tert-OH is 6. The molecule has 0 saturated heterocycles. The number of rotatable bonds is 40. The van der Waals surface area contributed by atoms with Crippen molar-refractivity contribution in [3.63, 3.8) is 0 Å². The number of phosphoric ester groups is 1. The Bertz CT molecular complexity index is 1630. The number of allylic oxidation sites excluding steroid dienone is 16. The molecule has 0 aromatic carbocycles. The molecule has 1 fully saturated rings. The molecule has 392 valence electrons. The number of esters is 2. The Labute approximate surface area is 413 Å². The molecule has 0 amide bonds. The van der Waals surface area contributed by atoms with E-state index in [1.807, 2.05) is 54.7 Å². The summed E-state index contributed by atoms with van der Waals surface area (Å²) in [5.74, 6) is -1.25. The minimum absolute atomic E-state index is 0.00889. The summed E-state index contributed by atoms with van der Waals surface area (Å²) in [5.41, 5.74) is 0. The van der Waals surface area contributed by atoms with Crippen molar-refractivity contribution in [2.24, 2.45) is 0 Å². The van der Waals surface area contributed by atoms with Gasteiger partial charge in [0.1, 0.15) is 43.2 Å². The minimum Gasteiger partial charge on any atom is -0.462 e. The van der Waals surface area contributed by atoms with Crippen LogP contribution in [0.25, 0.3) is 0 Å². The number of hydrogen-bond donors (Lipinski definition) is 7.